The third-order valence-electron chi connectivity index (χ3n) is 2.90. The maximum Gasteiger partial charge on any atom is 0.133 e. The number of ether oxygens (including phenoxy) is 1. The zero-order chi connectivity index (χ0) is 14.0. The third kappa shape index (κ3) is 3.33. The fourth-order valence-corrected chi connectivity index (χ4v) is 3.60. The van der Waals surface area contributed by atoms with E-state index in [2.05, 4.69) is 57.0 Å². The molecule has 0 saturated heterocycles. The summed E-state index contributed by atoms with van der Waals surface area (Å²) < 4.78 is 7.16. The minimum Gasteiger partial charge on any atom is -0.496 e. The maximum atomic E-state index is 6.57. The molecule has 0 aliphatic carbocycles. The summed E-state index contributed by atoms with van der Waals surface area (Å²) in [6.07, 6.45) is 0. The predicted octanol–water partition coefficient (Wildman–Crippen LogP) is 5.86. The van der Waals surface area contributed by atoms with Crippen LogP contribution >= 0.6 is 43.5 Å². The molecule has 0 saturated carbocycles. The van der Waals surface area contributed by atoms with Gasteiger partial charge in [0.2, 0.25) is 0 Å². The monoisotopic (exact) mass is 402 g/mol. The number of alkyl halides is 1. The van der Waals surface area contributed by atoms with Gasteiger partial charge in [-0.05, 0) is 57.7 Å². The maximum absolute atomic E-state index is 6.57. The first-order valence-electron chi connectivity index (χ1n) is 5.76. The van der Waals surface area contributed by atoms with Crippen molar-refractivity contribution in [2.24, 2.45) is 0 Å². The summed E-state index contributed by atoms with van der Waals surface area (Å²) in [6, 6.07) is 12.1. The Morgan fingerprint density at radius 2 is 1.79 bits per heavy atom. The topological polar surface area (TPSA) is 9.23 Å². The standard InChI is InChI=1S/C15H13Br2ClO/c1-9-3-5-11(12(16)7-9)15(18)10-4-6-14(19-2)13(17)8-10/h3-8,15H,1-2H3. The molecule has 0 aromatic heterocycles. The van der Waals surface area contributed by atoms with E-state index in [9.17, 15) is 0 Å². The molecule has 2 rings (SSSR count). The van der Waals surface area contributed by atoms with E-state index < -0.39 is 0 Å². The van der Waals surface area contributed by atoms with Crippen molar-refractivity contribution < 1.29 is 4.74 Å². The second-order valence-corrected chi connectivity index (χ2v) is 6.43. The van der Waals surface area contributed by atoms with Gasteiger partial charge in [0.05, 0.1) is 17.0 Å². The molecule has 0 fully saturated rings. The highest BCUT2D eigenvalue weighted by atomic mass is 79.9. The molecular formula is C15H13Br2ClO. The predicted molar refractivity (Wildman–Crippen MR) is 87.3 cm³/mol. The third-order valence-corrected chi connectivity index (χ3v) is 4.69. The molecule has 2 aromatic rings. The first-order valence-corrected chi connectivity index (χ1v) is 7.78. The molecule has 1 nitrogen and oxygen atoms in total. The van der Waals surface area contributed by atoms with E-state index in [1.807, 2.05) is 18.2 Å². The Morgan fingerprint density at radius 3 is 2.37 bits per heavy atom. The van der Waals surface area contributed by atoms with E-state index >= 15 is 0 Å². The zero-order valence-electron chi connectivity index (χ0n) is 10.6. The Kier molecular flexibility index (Phi) is 4.93. The highest BCUT2D eigenvalue weighted by Crippen LogP contribution is 2.37. The molecule has 100 valence electrons. The molecule has 0 N–H and O–H groups in total. The van der Waals surface area contributed by atoms with Crippen molar-refractivity contribution in [2.75, 3.05) is 7.11 Å². The van der Waals surface area contributed by atoms with Crippen molar-refractivity contribution in [3.63, 3.8) is 0 Å². The molecule has 0 amide bonds. The lowest BCUT2D eigenvalue weighted by Crippen LogP contribution is -1.96. The van der Waals surface area contributed by atoms with Crippen LogP contribution in [0.1, 0.15) is 22.1 Å². The number of hydrogen-bond donors (Lipinski definition) is 0. The van der Waals surface area contributed by atoms with Gasteiger partial charge in [-0.15, -0.1) is 11.6 Å². The van der Waals surface area contributed by atoms with Crippen LogP contribution < -0.4 is 4.74 Å². The summed E-state index contributed by atoms with van der Waals surface area (Å²) in [5.74, 6) is 0.801. The minimum atomic E-state index is -0.197. The summed E-state index contributed by atoms with van der Waals surface area (Å²) in [5, 5.41) is -0.197. The number of halogens is 3. The average Bonchev–Trinajstić information content (AvgIpc) is 2.38. The fraction of sp³-hybridized carbons (Fsp3) is 0.200. The van der Waals surface area contributed by atoms with Crippen molar-refractivity contribution in [1.82, 2.24) is 0 Å². The summed E-state index contributed by atoms with van der Waals surface area (Å²) in [7, 11) is 1.65. The van der Waals surface area contributed by atoms with E-state index in [4.69, 9.17) is 16.3 Å². The SMILES string of the molecule is COc1ccc(C(Cl)c2ccc(C)cc2Br)cc1Br. The van der Waals surface area contributed by atoms with Crippen LogP contribution in [0, 0.1) is 6.92 Å². The van der Waals surface area contributed by atoms with Crippen LogP contribution in [-0.4, -0.2) is 7.11 Å². The molecule has 4 heteroatoms. The first-order chi connectivity index (χ1) is 9.02. The highest BCUT2D eigenvalue weighted by Gasteiger charge is 2.15. The van der Waals surface area contributed by atoms with E-state index in [1.165, 1.54) is 5.56 Å². The van der Waals surface area contributed by atoms with Gasteiger partial charge in [0.25, 0.3) is 0 Å². The number of rotatable bonds is 3. The van der Waals surface area contributed by atoms with Gasteiger partial charge in [-0.1, -0.05) is 34.1 Å². The largest absolute Gasteiger partial charge is 0.496 e. The van der Waals surface area contributed by atoms with Crippen molar-refractivity contribution in [3.05, 3.63) is 62.0 Å². The first kappa shape index (κ1) is 14.9. The normalized spacial score (nSPS) is 12.3. The molecule has 0 aliphatic rings. The smallest absolute Gasteiger partial charge is 0.133 e. The second-order valence-electron chi connectivity index (χ2n) is 4.28. The van der Waals surface area contributed by atoms with Crippen LogP contribution in [0.3, 0.4) is 0 Å². The van der Waals surface area contributed by atoms with Crippen LogP contribution in [0.5, 0.6) is 5.75 Å². The Hall–Kier alpha value is -0.510. The van der Waals surface area contributed by atoms with Crippen LogP contribution in [0.25, 0.3) is 0 Å². The number of methoxy groups -OCH3 is 1. The summed E-state index contributed by atoms with van der Waals surface area (Å²) >= 11 is 13.6. The lowest BCUT2D eigenvalue weighted by molar-refractivity contribution is 0.412. The minimum absolute atomic E-state index is 0.197. The summed E-state index contributed by atoms with van der Waals surface area (Å²) in [5.41, 5.74) is 3.29. The molecule has 0 aliphatic heterocycles. The van der Waals surface area contributed by atoms with Crippen molar-refractivity contribution in [1.29, 1.82) is 0 Å². The molecule has 1 unspecified atom stereocenters. The van der Waals surface area contributed by atoms with E-state index in [0.717, 1.165) is 25.8 Å². The molecule has 0 heterocycles. The average molecular weight is 405 g/mol. The zero-order valence-corrected chi connectivity index (χ0v) is 14.5. The summed E-state index contributed by atoms with van der Waals surface area (Å²) in [4.78, 5) is 0. The molecular weight excluding hydrogens is 391 g/mol. The van der Waals surface area contributed by atoms with E-state index in [1.54, 1.807) is 7.11 Å². The second kappa shape index (κ2) is 6.29. The number of aryl methyl sites for hydroxylation is 1. The Balaban J connectivity index is 2.38. The van der Waals surface area contributed by atoms with Gasteiger partial charge >= 0.3 is 0 Å². The van der Waals surface area contributed by atoms with Gasteiger partial charge in [-0.3, -0.25) is 0 Å². The quantitative estimate of drug-likeness (QED) is 0.583. The Morgan fingerprint density at radius 1 is 1.05 bits per heavy atom. The molecule has 0 bridgehead atoms. The van der Waals surface area contributed by atoms with Gasteiger partial charge < -0.3 is 4.74 Å². The van der Waals surface area contributed by atoms with E-state index in [-0.39, 0.29) is 5.38 Å². The Labute approximate surface area is 135 Å². The van der Waals surface area contributed by atoms with Crippen LogP contribution in [0.15, 0.2) is 45.3 Å². The lowest BCUT2D eigenvalue weighted by atomic mass is 10.0. The van der Waals surface area contributed by atoms with Gasteiger partial charge in [0.1, 0.15) is 5.75 Å². The molecule has 0 spiro atoms. The van der Waals surface area contributed by atoms with Crippen LogP contribution in [0.2, 0.25) is 0 Å². The van der Waals surface area contributed by atoms with Gasteiger partial charge in [0.15, 0.2) is 0 Å². The van der Waals surface area contributed by atoms with Gasteiger partial charge in [-0.2, -0.15) is 0 Å². The number of hydrogen-bond acceptors (Lipinski definition) is 1. The molecule has 0 radical (unpaired) electrons. The van der Waals surface area contributed by atoms with Crippen molar-refractivity contribution in [2.45, 2.75) is 12.3 Å². The van der Waals surface area contributed by atoms with Crippen molar-refractivity contribution >= 4 is 43.5 Å². The van der Waals surface area contributed by atoms with Crippen molar-refractivity contribution in [3.8, 4) is 5.75 Å². The van der Waals surface area contributed by atoms with Crippen LogP contribution in [0.4, 0.5) is 0 Å². The molecule has 1 atom stereocenters. The highest BCUT2D eigenvalue weighted by molar-refractivity contribution is 9.10. The summed E-state index contributed by atoms with van der Waals surface area (Å²) in [6.45, 7) is 2.06. The van der Waals surface area contributed by atoms with Gasteiger partial charge in [0, 0.05) is 4.47 Å². The fourth-order valence-electron chi connectivity index (χ4n) is 1.86. The van der Waals surface area contributed by atoms with Gasteiger partial charge in [-0.25, -0.2) is 0 Å². The lowest BCUT2D eigenvalue weighted by Gasteiger charge is -2.14. The van der Waals surface area contributed by atoms with E-state index in [0.29, 0.717) is 0 Å². The Bertz CT molecular complexity index is 599. The molecule has 2 aromatic carbocycles. The molecule has 19 heavy (non-hydrogen) atoms. The van der Waals surface area contributed by atoms with Crippen LogP contribution in [-0.2, 0) is 0 Å². The number of benzene rings is 2.